The molecule has 3 heterocycles. The number of nitrogens with zero attached hydrogens (tertiary/aromatic N) is 5. The van der Waals surface area contributed by atoms with E-state index in [0.717, 1.165) is 6.07 Å². The maximum Gasteiger partial charge on any atom is 0.418 e. The average molecular weight is 427 g/mol. The zero-order chi connectivity index (χ0) is 21.9. The smallest absolute Gasteiger partial charge is 0.368 e. The van der Waals surface area contributed by atoms with Crippen LogP contribution in [0.1, 0.15) is 37.8 Å². The lowest BCUT2D eigenvalue weighted by Crippen LogP contribution is -2.45. The zero-order valence-corrected chi connectivity index (χ0v) is 16.4. The predicted molar refractivity (Wildman–Crippen MR) is 105 cm³/mol. The van der Waals surface area contributed by atoms with Crippen LogP contribution in [0.5, 0.6) is 0 Å². The van der Waals surface area contributed by atoms with Gasteiger partial charge in [-0.15, -0.1) is 0 Å². The Morgan fingerprint density at radius 2 is 1.55 bits per heavy atom. The summed E-state index contributed by atoms with van der Waals surface area (Å²) < 4.78 is 41.6. The van der Waals surface area contributed by atoms with Crippen LogP contribution in [-0.2, 0) is 6.18 Å². The topological polar surface area (TPSA) is 79.3 Å². The quantitative estimate of drug-likeness (QED) is 0.462. The fourth-order valence-corrected chi connectivity index (χ4v) is 3.95. The minimum atomic E-state index is -4.61. The van der Waals surface area contributed by atoms with Crippen LogP contribution >= 0.6 is 0 Å². The molecular formula is C21H16F3N5O2. The predicted octanol–water partition coefficient (Wildman–Crippen LogP) is 2.57. The van der Waals surface area contributed by atoms with E-state index in [1.165, 1.54) is 24.4 Å². The molecule has 10 heteroatoms. The minimum Gasteiger partial charge on any atom is -0.368 e. The number of aromatic nitrogens is 3. The summed E-state index contributed by atoms with van der Waals surface area (Å²) in [6.07, 6.45) is -3.22. The Hall–Kier alpha value is -3.40. The number of carbonyl (C=O) groups is 2. The molecule has 0 bridgehead atoms. The van der Waals surface area contributed by atoms with Crippen molar-refractivity contribution in [1.82, 2.24) is 19.9 Å². The van der Waals surface area contributed by atoms with Crippen LogP contribution in [0.25, 0.3) is 11.0 Å². The molecule has 0 spiro atoms. The fourth-order valence-electron chi connectivity index (χ4n) is 3.95. The molecule has 0 saturated carbocycles. The average Bonchev–Trinajstić information content (AvgIpc) is 2.75. The zero-order valence-electron chi connectivity index (χ0n) is 16.4. The van der Waals surface area contributed by atoms with E-state index in [1.807, 2.05) is 11.9 Å². The Morgan fingerprint density at radius 3 is 2.23 bits per heavy atom. The van der Waals surface area contributed by atoms with Crippen molar-refractivity contribution >= 4 is 28.3 Å². The van der Waals surface area contributed by atoms with Gasteiger partial charge >= 0.3 is 6.18 Å². The molecule has 0 N–H and O–H groups in total. The number of halogens is 3. The Kier molecular flexibility index (Phi) is 4.30. The SMILES string of the molecule is CN1CCN(c2cc3nc4c(nc3cc2C(F)(F)F)C(=O)c2cccnc2C4=O)CC1. The molecule has 2 aliphatic rings. The fraction of sp³-hybridized carbons (Fsp3) is 0.286. The lowest BCUT2D eigenvalue weighted by Gasteiger charge is -2.35. The Balaban J connectivity index is 1.70. The van der Waals surface area contributed by atoms with E-state index in [9.17, 15) is 22.8 Å². The van der Waals surface area contributed by atoms with Gasteiger partial charge in [-0.05, 0) is 31.3 Å². The van der Waals surface area contributed by atoms with Crippen LogP contribution < -0.4 is 4.90 Å². The van der Waals surface area contributed by atoms with E-state index < -0.39 is 23.3 Å². The van der Waals surface area contributed by atoms with Gasteiger partial charge in [0.25, 0.3) is 0 Å². The van der Waals surface area contributed by atoms with E-state index in [4.69, 9.17) is 0 Å². The summed E-state index contributed by atoms with van der Waals surface area (Å²) in [5.74, 6) is -1.15. The second kappa shape index (κ2) is 6.81. The van der Waals surface area contributed by atoms with Crippen molar-refractivity contribution < 1.29 is 22.8 Å². The van der Waals surface area contributed by atoms with Gasteiger partial charge < -0.3 is 9.80 Å². The van der Waals surface area contributed by atoms with Gasteiger partial charge in [-0.1, -0.05) is 0 Å². The highest BCUT2D eigenvalue weighted by Gasteiger charge is 2.38. The number of pyridine rings is 1. The van der Waals surface area contributed by atoms with E-state index in [-0.39, 0.29) is 39.4 Å². The van der Waals surface area contributed by atoms with Crippen molar-refractivity contribution in [3.8, 4) is 0 Å². The van der Waals surface area contributed by atoms with Gasteiger partial charge in [0, 0.05) is 32.4 Å². The van der Waals surface area contributed by atoms with Crippen LogP contribution in [0, 0.1) is 0 Å². The molecule has 0 amide bonds. The first-order valence-corrected chi connectivity index (χ1v) is 9.65. The van der Waals surface area contributed by atoms with Gasteiger partial charge in [-0.25, -0.2) is 9.97 Å². The third kappa shape index (κ3) is 3.14. The van der Waals surface area contributed by atoms with Gasteiger partial charge in [0.1, 0.15) is 17.1 Å². The number of hydrogen-bond donors (Lipinski definition) is 0. The standard InChI is InChI=1S/C21H16F3N5O2/c1-28-5-7-29(8-6-28)15-10-14-13(9-12(15)21(22,23)24)26-17-18(27-14)20(31)16-11(19(17)30)3-2-4-25-16/h2-4,9-10H,5-8H2,1H3. The molecular weight excluding hydrogens is 411 g/mol. The third-order valence-corrected chi connectivity index (χ3v) is 5.63. The summed E-state index contributed by atoms with van der Waals surface area (Å²) in [6.45, 7) is 2.11. The van der Waals surface area contributed by atoms with Crippen LogP contribution in [0.15, 0.2) is 30.5 Å². The van der Waals surface area contributed by atoms with E-state index in [0.29, 0.717) is 26.2 Å². The highest BCUT2D eigenvalue weighted by molar-refractivity contribution is 6.26. The molecule has 5 rings (SSSR count). The molecule has 1 saturated heterocycles. The highest BCUT2D eigenvalue weighted by atomic mass is 19.4. The first-order chi connectivity index (χ1) is 14.7. The van der Waals surface area contributed by atoms with Crippen molar-refractivity contribution in [3.63, 3.8) is 0 Å². The normalized spacial score (nSPS) is 17.1. The number of fused-ring (bicyclic) bond motifs is 3. The van der Waals surface area contributed by atoms with E-state index in [1.54, 1.807) is 4.90 Å². The molecule has 0 unspecified atom stereocenters. The van der Waals surface area contributed by atoms with Crippen LogP contribution in [0.3, 0.4) is 0 Å². The number of anilines is 1. The minimum absolute atomic E-state index is 0.00420. The largest absolute Gasteiger partial charge is 0.418 e. The molecule has 31 heavy (non-hydrogen) atoms. The van der Waals surface area contributed by atoms with Gasteiger partial charge in [0.05, 0.1) is 27.8 Å². The van der Waals surface area contributed by atoms with Crippen molar-refractivity contribution in [2.24, 2.45) is 0 Å². The summed E-state index contributed by atoms with van der Waals surface area (Å²) >= 11 is 0. The number of carbonyl (C=O) groups excluding carboxylic acids is 2. The highest BCUT2D eigenvalue weighted by Crippen LogP contribution is 2.39. The monoisotopic (exact) mass is 427 g/mol. The molecule has 1 aliphatic carbocycles. The second-order valence-electron chi connectivity index (χ2n) is 7.62. The van der Waals surface area contributed by atoms with Gasteiger partial charge in [0.2, 0.25) is 11.6 Å². The molecule has 1 fully saturated rings. The van der Waals surface area contributed by atoms with E-state index in [2.05, 4.69) is 15.0 Å². The summed E-state index contributed by atoms with van der Waals surface area (Å²) in [4.78, 5) is 41.7. The second-order valence-corrected chi connectivity index (χ2v) is 7.62. The molecule has 7 nitrogen and oxygen atoms in total. The summed E-state index contributed by atoms with van der Waals surface area (Å²) in [5, 5.41) is 0. The van der Waals surface area contributed by atoms with Gasteiger partial charge in [0.15, 0.2) is 0 Å². The number of piperazine rings is 1. The number of ketones is 2. The number of benzene rings is 1. The van der Waals surface area contributed by atoms with Crippen molar-refractivity contribution in [3.05, 3.63) is 58.7 Å². The van der Waals surface area contributed by atoms with Crippen LogP contribution in [0.4, 0.5) is 18.9 Å². The molecule has 3 aromatic rings. The van der Waals surface area contributed by atoms with Crippen LogP contribution in [-0.4, -0.2) is 64.6 Å². The lowest BCUT2D eigenvalue weighted by atomic mass is 9.93. The molecule has 2 aromatic heterocycles. The molecule has 0 atom stereocenters. The first kappa shape index (κ1) is 19.6. The lowest BCUT2D eigenvalue weighted by molar-refractivity contribution is -0.137. The molecule has 158 valence electrons. The van der Waals surface area contributed by atoms with Gasteiger partial charge in [-0.3, -0.25) is 14.6 Å². The van der Waals surface area contributed by atoms with Crippen molar-refractivity contribution in [1.29, 1.82) is 0 Å². The van der Waals surface area contributed by atoms with Crippen molar-refractivity contribution in [2.75, 3.05) is 38.1 Å². The Bertz CT molecular complexity index is 1250. The maximum atomic E-state index is 13.9. The van der Waals surface area contributed by atoms with Gasteiger partial charge in [-0.2, -0.15) is 13.2 Å². The number of alkyl halides is 3. The third-order valence-electron chi connectivity index (χ3n) is 5.63. The first-order valence-electron chi connectivity index (χ1n) is 9.65. The summed E-state index contributed by atoms with van der Waals surface area (Å²) in [5.41, 5.74) is -1.20. The molecule has 1 aromatic carbocycles. The summed E-state index contributed by atoms with van der Waals surface area (Å²) in [6, 6.07) is 5.16. The number of hydrogen-bond acceptors (Lipinski definition) is 7. The van der Waals surface area contributed by atoms with Crippen molar-refractivity contribution in [2.45, 2.75) is 6.18 Å². The Morgan fingerprint density at radius 1 is 0.903 bits per heavy atom. The van der Waals surface area contributed by atoms with Crippen LogP contribution in [0.2, 0.25) is 0 Å². The Labute approximate surface area is 174 Å². The van der Waals surface area contributed by atoms with E-state index >= 15 is 0 Å². The molecule has 0 radical (unpaired) electrons. The number of rotatable bonds is 1. The molecule has 1 aliphatic heterocycles. The summed E-state index contributed by atoms with van der Waals surface area (Å²) in [7, 11) is 1.91. The maximum absolute atomic E-state index is 13.9. The number of likely N-dealkylation sites (N-methyl/N-ethyl adjacent to an activating group) is 1.